The predicted octanol–water partition coefficient (Wildman–Crippen LogP) is 3.12. The number of nitrogens with zero attached hydrogens (tertiary/aromatic N) is 3. The predicted molar refractivity (Wildman–Crippen MR) is 86.9 cm³/mol. The summed E-state index contributed by atoms with van der Waals surface area (Å²) < 4.78 is 0. The summed E-state index contributed by atoms with van der Waals surface area (Å²) in [5, 5.41) is 3.42. The molecule has 4 nitrogen and oxygen atoms in total. The summed E-state index contributed by atoms with van der Waals surface area (Å²) in [7, 11) is 2.29. The Bertz CT molecular complexity index is 500. The van der Waals surface area contributed by atoms with Crippen molar-refractivity contribution in [2.24, 2.45) is 0 Å². The molecule has 3 heterocycles. The maximum Gasteiger partial charge on any atom is 0.134 e. The zero-order valence-electron chi connectivity index (χ0n) is 13.8. The fraction of sp³-hybridized carbons (Fsp3) is 0.765. The van der Waals surface area contributed by atoms with Crippen molar-refractivity contribution >= 4 is 5.82 Å². The summed E-state index contributed by atoms with van der Waals surface area (Å²) in [6.07, 6.45) is 6.14. The molecule has 116 valence electrons. The van der Waals surface area contributed by atoms with Gasteiger partial charge in [0.25, 0.3) is 0 Å². The number of hydrogen-bond donors (Lipinski definition) is 1. The van der Waals surface area contributed by atoms with Gasteiger partial charge in [-0.1, -0.05) is 6.92 Å². The fourth-order valence-electron chi connectivity index (χ4n) is 4.07. The summed E-state index contributed by atoms with van der Waals surface area (Å²) in [5.41, 5.74) is 2.43. The molecular formula is C17H28N4. The molecular weight excluding hydrogens is 260 g/mol. The molecule has 2 aliphatic heterocycles. The van der Waals surface area contributed by atoms with Crippen LogP contribution in [0.5, 0.6) is 0 Å². The van der Waals surface area contributed by atoms with Gasteiger partial charge in [0.05, 0.1) is 0 Å². The molecule has 1 N–H and O–H groups in total. The number of nitrogens with one attached hydrogen (secondary N) is 1. The highest BCUT2D eigenvalue weighted by Crippen LogP contribution is 2.41. The molecule has 3 rings (SSSR count). The van der Waals surface area contributed by atoms with Crippen molar-refractivity contribution in [1.29, 1.82) is 0 Å². The highest BCUT2D eigenvalue weighted by Gasteiger charge is 2.40. The SMILES string of the molecule is CCNc1nc(C2CC3CCC(C2)N3C)nc(CC)c1C. The van der Waals surface area contributed by atoms with Crippen LogP contribution in [-0.4, -0.2) is 40.5 Å². The van der Waals surface area contributed by atoms with Crippen LogP contribution >= 0.6 is 0 Å². The molecule has 1 aromatic rings. The third-order valence-corrected chi connectivity index (χ3v) is 5.41. The van der Waals surface area contributed by atoms with Crippen LogP contribution in [-0.2, 0) is 6.42 Å². The number of aromatic nitrogens is 2. The van der Waals surface area contributed by atoms with Crippen LogP contribution in [0.25, 0.3) is 0 Å². The number of anilines is 1. The van der Waals surface area contributed by atoms with E-state index < -0.39 is 0 Å². The first-order chi connectivity index (χ1) is 10.1. The van der Waals surface area contributed by atoms with Crippen LogP contribution in [0.2, 0.25) is 0 Å². The molecule has 0 aliphatic carbocycles. The van der Waals surface area contributed by atoms with Gasteiger partial charge in [-0.2, -0.15) is 0 Å². The smallest absolute Gasteiger partial charge is 0.134 e. The lowest BCUT2D eigenvalue weighted by Crippen LogP contribution is -2.39. The molecule has 2 atom stereocenters. The van der Waals surface area contributed by atoms with E-state index in [-0.39, 0.29) is 0 Å². The van der Waals surface area contributed by atoms with Gasteiger partial charge in [0.15, 0.2) is 0 Å². The Morgan fingerprint density at radius 2 is 1.81 bits per heavy atom. The van der Waals surface area contributed by atoms with E-state index in [1.807, 2.05) is 0 Å². The summed E-state index contributed by atoms with van der Waals surface area (Å²) in [4.78, 5) is 12.4. The molecule has 0 saturated carbocycles. The van der Waals surface area contributed by atoms with Crippen LogP contribution in [0, 0.1) is 6.92 Å². The molecule has 2 fully saturated rings. The van der Waals surface area contributed by atoms with Crippen LogP contribution in [0.3, 0.4) is 0 Å². The minimum atomic E-state index is 0.544. The molecule has 0 radical (unpaired) electrons. The number of hydrogen-bond acceptors (Lipinski definition) is 4. The topological polar surface area (TPSA) is 41.1 Å². The maximum atomic E-state index is 4.91. The summed E-state index contributed by atoms with van der Waals surface area (Å²) in [6, 6.07) is 1.48. The van der Waals surface area contributed by atoms with Gasteiger partial charge >= 0.3 is 0 Å². The van der Waals surface area contributed by atoms with Crippen molar-refractivity contribution in [1.82, 2.24) is 14.9 Å². The molecule has 0 aromatic carbocycles. The van der Waals surface area contributed by atoms with Crippen molar-refractivity contribution in [3.8, 4) is 0 Å². The summed E-state index contributed by atoms with van der Waals surface area (Å²) >= 11 is 0. The average molecular weight is 288 g/mol. The Morgan fingerprint density at radius 1 is 1.14 bits per heavy atom. The molecule has 2 saturated heterocycles. The van der Waals surface area contributed by atoms with Crippen molar-refractivity contribution in [3.63, 3.8) is 0 Å². The Balaban J connectivity index is 1.90. The average Bonchev–Trinajstić information content (AvgIpc) is 2.71. The number of aryl methyl sites for hydroxylation is 1. The molecule has 0 spiro atoms. The normalized spacial score (nSPS) is 28.9. The number of rotatable bonds is 4. The Kier molecular flexibility index (Phi) is 4.16. The zero-order valence-corrected chi connectivity index (χ0v) is 13.8. The molecule has 2 bridgehead atoms. The van der Waals surface area contributed by atoms with E-state index in [1.54, 1.807) is 0 Å². The van der Waals surface area contributed by atoms with E-state index in [0.29, 0.717) is 5.92 Å². The third kappa shape index (κ3) is 2.66. The molecule has 1 aromatic heterocycles. The lowest BCUT2D eigenvalue weighted by Gasteiger charge is -2.35. The van der Waals surface area contributed by atoms with Crippen LogP contribution < -0.4 is 5.32 Å². The first-order valence-electron chi connectivity index (χ1n) is 8.47. The largest absolute Gasteiger partial charge is 0.370 e. The Hall–Kier alpha value is -1.16. The van der Waals surface area contributed by atoms with Crippen molar-refractivity contribution < 1.29 is 0 Å². The maximum absolute atomic E-state index is 4.91. The van der Waals surface area contributed by atoms with Gasteiger partial charge in [0.1, 0.15) is 11.6 Å². The van der Waals surface area contributed by atoms with Crippen LogP contribution in [0.1, 0.15) is 62.5 Å². The van der Waals surface area contributed by atoms with Crippen molar-refractivity contribution in [2.45, 2.75) is 70.9 Å². The molecule has 0 amide bonds. The fourth-order valence-corrected chi connectivity index (χ4v) is 4.07. The van der Waals surface area contributed by atoms with Gasteiger partial charge in [-0.3, -0.25) is 0 Å². The second-order valence-corrected chi connectivity index (χ2v) is 6.60. The standard InChI is InChI=1S/C17H28N4/c1-5-15-11(3)16(18-6-2)20-17(19-15)12-9-13-7-8-14(10-12)21(13)4/h12-14H,5-10H2,1-4H3,(H,18,19,20). The second-order valence-electron chi connectivity index (χ2n) is 6.60. The monoisotopic (exact) mass is 288 g/mol. The van der Waals surface area contributed by atoms with E-state index in [1.165, 1.54) is 36.9 Å². The van der Waals surface area contributed by atoms with Crippen molar-refractivity contribution in [2.75, 3.05) is 18.9 Å². The minimum Gasteiger partial charge on any atom is -0.370 e. The highest BCUT2D eigenvalue weighted by molar-refractivity contribution is 5.46. The van der Waals surface area contributed by atoms with Crippen molar-refractivity contribution in [3.05, 3.63) is 17.1 Å². The Morgan fingerprint density at radius 3 is 2.38 bits per heavy atom. The minimum absolute atomic E-state index is 0.544. The number of fused-ring (bicyclic) bond motifs is 2. The first-order valence-corrected chi connectivity index (χ1v) is 8.47. The first kappa shape index (κ1) is 14.8. The van der Waals surface area contributed by atoms with E-state index in [2.05, 4.69) is 38.0 Å². The van der Waals surface area contributed by atoms with E-state index in [9.17, 15) is 0 Å². The molecule has 21 heavy (non-hydrogen) atoms. The molecule has 2 aliphatic rings. The van der Waals surface area contributed by atoms with Gasteiger partial charge in [-0.25, -0.2) is 9.97 Å². The quantitative estimate of drug-likeness (QED) is 0.924. The third-order valence-electron chi connectivity index (χ3n) is 5.41. The zero-order chi connectivity index (χ0) is 15.0. The van der Waals surface area contributed by atoms with Gasteiger partial charge < -0.3 is 10.2 Å². The second kappa shape index (κ2) is 5.91. The van der Waals surface area contributed by atoms with Gasteiger partial charge in [-0.05, 0) is 53.0 Å². The lowest BCUT2D eigenvalue weighted by molar-refractivity contribution is 0.159. The van der Waals surface area contributed by atoms with E-state index in [0.717, 1.165) is 36.7 Å². The summed E-state index contributed by atoms with van der Waals surface area (Å²) in [6.45, 7) is 7.37. The number of piperidine rings is 1. The lowest BCUT2D eigenvalue weighted by atomic mass is 9.90. The summed E-state index contributed by atoms with van der Waals surface area (Å²) in [5.74, 6) is 2.67. The van der Waals surface area contributed by atoms with Gasteiger partial charge in [0.2, 0.25) is 0 Å². The highest BCUT2D eigenvalue weighted by atomic mass is 15.2. The van der Waals surface area contributed by atoms with Gasteiger partial charge in [0, 0.05) is 35.8 Å². The van der Waals surface area contributed by atoms with Crippen LogP contribution in [0.4, 0.5) is 5.82 Å². The van der Waals surface area contributed by atoms with Crippen LogP contribution in [0.15, 0.2) is 0 Å². The van der Waals surface area contributed by atoms with E-state index in [4.69, 9.17) is 9.97 Å². The molecule has 2 unspecified atom stereocenters. The Labute approximate surface area is 128 Å². The van der Waals surface area contributed by atoms with Gasteiger partial charge in [-0.15, -0.1) is 0 Å². The molecule has 4 heteroatoms. The van der Waals surface area contributed by atoms with E-state index >= 15 is 0 Å².